The monoisotopic (exact) mass is 882 g/mol. The van der Waals surface area contributed by atoms with Crippen LogP contribution in [0.25, 0.3) is 21.8 Å². The van der Waals surface area contributed by atoms with E-state index in [4.69, 9.17) is 0 Å². The van der Waals surface area contributed by atoms with Crippen LogP contribution in [0.3, 0.4) is 0 Å². The first-order chi connectivity index (χ1) is 25.1. The summed E-state index contributed by atoms with van der Waals surface area (Å²) in [6.45, 7) is -0.227. The van der Waals surface area contributed by atoms with Crippen molar-refractivity contribution in [3.05, 3.63) is 132 Å². The number of hydrogen-bond donors (Lipinski definition) is 2. The Hall–Kier alpha value is -4.70. The molecule has 4 heterocycles. The minimum Gasteiger partial charge on any atom is -1.00 e. The van der Waals surface area contributed by atoms with Crippen molar-refractivity contribution in [2.75, 3.05) is 13.1 Å². The third-order valence-electron chi connectivity index (χ3n) is 7.86. The second kappa shape index (κ2) is 20.1. The van der Waals surface area contributed by atoms with Crippen molar-refractivity contribution in [2.24, 2.45) is 14.1 Å². The minimum atomic E-state index is -4.29. The summed E-state index contributed by atoms with van der Waals surface area (Å²) in [5.74, 6) is -1.03. The molecule has 0 saturated heterocycles. The van der Waals surface area contributed by atoms with Crippen molar-refractivity contribution in [2.45, 2.75) is 37.1 Å². The van der Waals surface area contributed by atoms with E-state index in [0.717, 1.165) is 21.9 Å². The number of pyridine rings is 2. The molecule has 2 aromatic carbocycles. The van der Waals surface area contributed by atoms with Gasteiger partial charge in [0.15, 0.2) is 18.9 Å². The third-order valence-corrected chi connectivity index (χ3v) is 8.51. The Bertz CT molecular complexity index is 2100. The Morgan fingerprint density at radius 3 is 1.69 bits per heavy atom. The van der Waals surface area contributed by atoms with E-state index < -0.39 is 50.1 Å². The van der Waals surface area contributed by atoms with Gasteiger partial charge in [-0.1, -0.05) is 76.6 Å². The second-order valence-corrected chi connectivity index (χ2v) is 12.5. The summed E-state index contributed by atoms with van der Waals surface area (Å²) in [6, 6.07) is 23.8. The summed E-state index contributed by atoms with van der Waals surface area (Å²) in [5.41, 5.74) is 4.78. The van der Waals surface area contributed by atoms with Crippen molar-refractivity contribution in [1.29, 1.82) is 0 Å². The molecule has 0 saturated carbocycles. The molecule has 2 N–H and O–H groups in total. The van der Waals surface area contributed by atoms with Gasteiger partial charge in [0.05, 0.1) is 40.4 Å². The van der Waals surface area contributed by atoms with Crippen LogP contribution in [-0.2, 0) is 26.0 Å². The highest BCUT2D eigenvalue weighted by atomic mass is 79.9. The van der Waals surface area contributed by atoms with Crippen LogP contribution >= 0.6 is 15.9 Å². The first-order valence-corrected chi connectivity index (χ1v) is 17.5. The molecule has 288 valence electrons. The van der Waals surface area contributed by atoms with Crippen LogP contribution < -0.4 is 32.2 Å². The molecule has 6 aromatic rings. The van der Waals surface area contributed by atoms with Gasteiger partial charge in [0, 0.05) is 74.3 Å². The Balaban J connectivity index is 0.000000244. The summed E-state index contributed by atoms with van der Waals surface area (Å²) >= 11 is 3.36. The molecular weight excluding hydrogens is 846 g/mol. The summed E-state index contributed by atoms with van der Waals surface area (Å²) < 4.78 is 78.3. The lowest BCUT2D eigenvalue weighted by Gasteiger charge is -2.07. The highest BCUT2D eigenvalue weighted by molar-refractivity contribution is 9.08. The number of nitrogens with one attached hydrogen (secondary N) is 2. The first-order valence-electron chi connectivity index (χ1n) is 16.4. The SMILES string of the molecule is BrCc1ccccc1.Cn1cc(C(=O)NCCC(F)(F)F)c2c[n+](Cc3ccccc3)ccc21.Cn1cc(C(=O)NCCC(F)(F)F)c2cnccc21.[Br-]. The predicted molar refractivity (Wildman–Crippen MR) is 194 cm³/mol. The van der Waals surface area contributed by atoms with E-state index in [0.29, 0.717) is 28.4 Å². The van der Waals surface area contributed by atoms with E-state index >= 15 is 0 Å². The van der Waals surface area contributed by atoms with E-state index in [1.807, 2.05) is 71.6 Å². The van der Waals surface area contributed by atoms with Crippen LogP contribution in [-0.4, -0.2) is 51.4 Å². The molecule has 0 aliphatic heterocycles. The molecule has 0 fully saturated rings. The number of benzene rings is 2. The minimum absolute atomic E-state index is 0. The average molecular weight is 885 g/mol. The van der Waals surface area contributed by atoms with Gasteiger partial charge in [0.1, 0.15) is 0 Å². The number of amides is 2. The molecule has 0 atom stereocenters. The van der Waals surface area contributed by atoms with Gasteiger partial charge in [0.2, 0.25) is 0 Å². The topological polar surface area (TPSA) is 84.8 Å². The molecule has 4 aromatic heterocycles. The Morgan fingerprint density at radius 2 is 1.20 bits per heavy atom. The lowest BCUT2D eigenvalue weighted by Crippen LogP contribution is -3.00. The van der Waals surface area contributed by atoms with Gasteiger partial charge in [0.25, 0.3) is 11.8 Å². The Kier molecular flexibility index (Phi) is 16.3. The van der Waals surface area contributed by atoms with Crippen LogP contribution in [0.1, 0.15) is 44.7 Å². The van der Waals surface area contributed by atoms with Crippen LogP contribution in [0.5, 0.6) is 0 Å². The molecule has 2 amide bonds. The van der Waals surface area contributed by atoms with Crippen molar-refractivity contribution >= 4 is 49.6 Å². The molecule has 0 aliphatic carbocycles. The van der Waals surface area contributed by atoms with Crippen LogP contribution in [0.15, 0.2) is 110 Å². The number of aromatic nitrogens is 4. The number of rotatable bonds is 9. The standard InChI is InChI=1S/C19H18F3N3O.C12H12F3N3O.C7H7Br.BrH/c1-24-12-16(18(26)23-9-8-19(20,21)22)15-13-25(10-7-17(15)24)11-14-5-3-2-4-6-14;1-18-7-9(8-6-16-4-2-10(8)18)11(19)17-5-3-12(13,14)15;8-6-7-4-2-1-3-5-7;/h2-7,10,12-13H,8-9,11H2,1H3;2,4,6-7H,3,5H2,1H3,(H,17,19);1-5H,6H2;1H. The maximum atomic E-state index is 12.3. The van der Waals surface area contributed by atoms with E-state index in [1.165, 1.54) is 11.8 Å². The number of carbonyl (C=O) groups is 2. The summed E-state index contributed by atoms with van der Waals surface area (Å²) in [6.07, 6.45) is -0.545. The Morgan fingerprint density at radius 1 is 0.722 bits per heavy atom. The zero-order valence-corrected chi connectivity index (χ0v) is 32.4. The molecule has 0 spiro atoms. The summed E-state index contributed by atoms with van der Waals surface area (Å²) in [7, 11) is 3.56. The molecule has 0 unspecified atom stereocenters. The average Bonchev–Trinajstić information content (AvgIpc) is 3.64. The van der Waals surface area contributed by atoms with Gasteiger partial charge >= 0.3 is 12.4 Å². The first kappa shape index (κ1) is 43.7. The third kappa shape index (κ3) is 13.3. The van der Waals surface area contributed by atoms with Crippen LogP contribution in [0.4, 0.5) is 26.3 Å². The van der Waals surface area contributed by atoms with Crippen molar-refractivity contribution in [1.82, 2.24) is 24.8 Å². The highest BCUT2D eigenvalue weighted by Gasteiger charge is 2.28. The molecule has 0 bridgehead atoms. The lowest BCUT2D eigenvalue weighted by atomic mass is 10.2. The quantitative estimate of drug-likeness (QED) is 0.122. The molecule has 54 heavy (non-hydrogen) atoms. The fraction of sp³-hybridized carbons (Fsp3) is 0.263. The number of aryl methyl sites for hydroxylation is 2. The number of fused-ring (bicyclic) bond motifs is 2. The zero-order chi connectivity index (χ0) is 38.6. The lowest BCUT2D eigenvalue weighted by molar-refractivity contribution is -0.687. The van der Waals surface area contributed by atoms with Gasteiger partial charge in [-0.05, 0) is 11.6 Å². The Labute approximate surface area is 327 Å². The molecular formula is C38H38Br2F6N6O2. The van der Waals surface area contributed by atoms with Crippen LogP contribution in [0.2, 0.25) is 0 Å². The fourth-order valence-electron chi connectivity index (χ4n) is 5.26. The fourth-order valence-corrected chi connectivity index (χ4v) is 5.64. The largest absolute Gasteiger partial charge is 1.00 e. The van der Waals surface area contributed by atoms with Gasteiger partial charge in [-0.3, -0.25) is 14.6 Å². The molecule has 0 radical (unpaired) electrons. The zero-order valence-electron chi connectivity index (χ0n) is 29.3. The highest BCUT2D eigenvalue weighted by Crippen LogP contribution is 2.22. The van der Waals surface area contributed by atoms with E-state index in [1.54, 1.807) is 47.9 Å². The maximum absolute atomic E-state index is 12.3. The van der Waals surface area contributed by atoms with Crippen molar-refractivity contribution in [3.8, 4) is 0 Å². The molecule has 16 heteroatoms. The maximum Gasteiger partial charge on any atom is 0.390 e. The van der Waals surface area contributed by atoms with Crippen molar-refractivity contribution < 1.29 is 57.5 Å². The molecule has 8 nitrogen and oxygen atoms in total. The second-order valence-electron chi connectivity index (χ2n) is 12.0. The van der Waals surface area contributed by atoms with Gasteiger partial charge in [-0.25, -0.2) is 4.57 Å². The van der Waals surface area contributed by atoms with E-state index in [-0.39, 0.29) is 17.0 Å². The number of nitrogens with zero attached hydrogens (tertiary/aromatic N) is 4. The van der Waals surface area contributed by atoms with Crippen molar-refractivity contribution in [3.63, 3.8) is 0 Å². The summed E-state index contributed by atoms with van der Waals surface area (Å²) in [4.78, 5) is 28.1. The summed E-state index contributed by atoms with van der Waals surface area (Å²) in [5, 5.41) is 6.89. The van der Waals surface area contributed by atoms with Gasteiger partial charge in [-0.15, -0.1) is 0 Å². The normalized spacial score (nSPS) is 11.1. The van der Waals surface area contributed by atoms with Gasteiger partial charge in [-0.2, -0.15) is 26.3 Å². The van der Waals surface area contributed by atoms with Crippen LogP contribution in [0, 0.1) is 0 Å². The molecule has 0 aliphatic rings. The number of carbonyl (C=O) groups excluding carboxylic acids is 2. The smallest absolute Gasteiger partial charge is 0.390 e. The van der Waals surface area contributed by atoms with Gasteiger partial charge < -0.3 is 36.7 Å². The number of halogens is 8. The van der Waals surface area contributed by atoms with E-state index in [2.05, 4.69) is 43.7 Å². The van der Waals surface area contributed by atoms with E-state index in [9.17, 15) is 35.9 Å². The molecule has 6 rings (SSSR count). The number of hydrogen-bond acceptors (Lipinski definition) is 3. The predicted octanol–water partition coefficient (Wildman–Crippen LogP) is 5.04. The number of alkyl halides is 7.